The van der Waals surface area contributed by atoms with Crippen LogP contribution in [0.3, 0.4) is 0 Å². The molecule has 0 aromatic carbocycles. The zero-order valence-corrected chi connectivity index (χ0v) is 50.4. The number of hydrogen-bond acceptors (Lipinski definition) is 7. The average Bonchev–Trinajstić information content (AvgIpc) is 3.37. The molecule has 0 heterocycles. The van der Waals surface area contributed by atoms with Crippen molar-refractivity contribution in [3.05, 3.63) is 85.1 Å². The van der Waals surface area contributed by atoms with Gasteiger partial charge in [0.25, 0.3) is 7.82 Å². The molecule has 0 aliphatic carbocycles. The van der Waals surface area contributed by atoms with Crippen LogP contribution >= 0.6 is 7.82 Å². The van der Waals surface area contributed by atoms with E-state index in [0.717, 1.165) is 116 Å². The van der Waals surface area contributed by atoms with Crippen molar-refractivity contribution in [2.45, 2.75) is 277 Å². The molecule has 3 atom stereocenters. The number of amides is 1. The molecule has 0 aliphatic heterocycles. The van der Waals surface area contributed by atoms with Crippen molar-refractivity contribution in [1.29, 1.82) is 0 Å². The summed E-state index contributed by atoms with van der Waals surface area (Å²) in [5.74, 6) is -0.569. The first-order valence-corrected chi connectivity index (χ1v) is 32.4. The first-order valence-electron chi connectivity index (χ1n) is 30.9. The number of phosphoric acid groups is 1. The maximum Gasteiger partial charge on any atom is 0.306 e. The van der Waals surface area contributed by atoms with Crippen LogP contribution in [0.5, 0.6) is 0 Å². The first-order chi connectivity index (χ1) is 36.4. The third-order valence-electron chi connectivity index (χ3n) is 13.3. The Hall–Kier alpha value is -2.81. The lowest BCUT2D eigenvalue weighted by Crippen LogP contribution is -2.47. The Morgan fingerprint density at radius 2 is 0.853 bits per heavy atom. The van der Waals surface area contributed by atoms with Crippen molar-refractivity contribution in [2.24, 2.45) is 0 Å². The fraction of sp³-hybridized carbons (Fsp3) is 0.754. The van der Waals surface area contributed by atoms with E-state index in [9.17, 15) is 19.0 Å². The summed E-state index contributed by atoms with van der Waals surface area (Å²) in [5.41, 5.74) is 0. The number of esters is 1. The van der Waals surface area contributed by atoms with Gasteiger partial charge >= 0.3 is 5.97 Å². The number of rotatable bonds is 55. The van der Waals surface area contributed by atoms with Gasteiger partial charge < -0.3 is 28.5 Å². The second-order valence-corrected chi connectivity index (χ2v) is 23.3. The van der Waals surface area contributed by atoms with Gasteiger partial charge in [-0.2, -0.15) is 0 Å². The number of quaternary nitrogens is 1. The largest absolute Gasteiger partial charge is 0.756 e. The molecule has 0 aromatic heterocycles. The molecule has 9 nitrogen and oxygen atoms in total. The van der Waals surface area contributed by atoms with Crippen molar-refractivity contribution < 1.29 is 37.3 Å². The standard InChI is InChI=1S/C65H117N2O7P/c1-7-10-13-16-19-22-25-27-29-30-31-32-33-34-35-36-38-40-43-46-49-52-55-58-65(69)74-63(56-53-50-47-44-41-24-21-18-15-12-9-3)62(61-73-75(70,71)72-60-59-67(4,5)6)66-64(68)57-54-51-48-45-42-39-37-28-26-23-20-17-14-11-8-2/h19-20,22-23,26-29,31-32,34-35,53,56,62-63H,7-18,21,24-25,30,33,36-52,54-55,57-61H2,1-6H3,(H-,66,68,70,71)/b22-19-,23-20+,28-26+,29-27-,32-31-,35-34-,56-53-. The maximum atomic E-state index is 13.5. The van der Waals surface area contributed by atoms with Crippen LogP contribution in [0.1, 0.15) is 265 Å². The van der Waals surface area contributed by atoms with Gasteiger partial charge in [-0.3, -0.25) is 14.2 Å². The molecule has 0 aliphatic rings. The van der Waals surface area contributed by atoms with Crippen molar-refractivity contribution in [1.82, 2.24) is 5.32 Å². The van der Waals surface area contributed by atoms with Gasteiger partial charge in [-0.1, -0.05) is 235 Å². The lowest BCUT2D eigenvalue weighted by molar-refractivity contribution is -0.870. The number of nitrogens with one attached hydrogen (secondary N) is 1. The Kier molecular flexibility index (Phi) is 52.5. The predicted octanol–water partition coefficient (Wildman–Crippen LogP) is 18.4. The Labute approximate surface area is 463 Å². The number of nitrogens with zero attached hydrogens (tertiary/aromatic N) is 1. The number of allylic oxidation sites excluding steroid dienone is 13. The fourth-order valence-corrected chi connectivity index (χ4v) is 9.22. The minimum Gasteiger partial charge on any atom is -0.756 e. The summed E-state index contributed by atoms with van der Waals surface area (Å²) in [7, 11) is 1.16. The Balaban J connectivity index is 5.23. The van der Waals surface area contributed by atoms with E-state index in [1.165, 1.54) is 109 Å². The minimum absolute atomic E-state index is 0.0300. The molecule has 0 bridgehead atoms. The van der Waals surface area contributed by atoms with Crippen LogP contribution in [-0.4, -0.2) is 69.4 Å². The van der Waals surface area contributed by atoms with Crippen LogP contribution in [0.2, 0.25) is 0 Å². The highest BCUT2D eigenvalue weighted by Crippen LogP contribution is 2.38. The van der Waals surface area contributed by atoms with Crippen LogP contribution in [-0.2, 0) is 27.9 Å². The summed E-state index contributed by atoms with van der Waals surface area (Å²) >= 11 is 0. The van der Waals surface area contributed by atoms with E-state index < -0.39 is 26.6 Å². The molecule has 0 rings (SSSR count). The predicted molar refractivity (Wildman–Crippen MR) is 321 cm³/mol. The number of unbranched alkanes of at least 4 members (excludes halogenated alkanes) is 28. The van der Waals surface area contributed by atoms with Gasteiger partial charge in [0, 0.05) is 12.8 Å². The lowest BCUT2D eigenvalue weighted by atomic mass is 10.1. The second kappa shape index (κ2) is 54.5. The Morgan fingerprint density at radius 3 is 1.32 bits per heavy atom. The molecule has 0 saturated heterocycles. The molecule has 0 aromatic rings. The van der Waals surface area contributed by atoms with Gasteiger partial charge in [0.05, 0.1) is 33.8 Å². The number of carbonyl (C=O) groups is 2. The Morgan fingerprint density at radius 1 is 0.480 bits per heavy atom. The molecular weight excluding hydrogens is 952 g/mol. The minimum atomic E-state index is -4.71. The molecule has 0 fully saturated rings. The molecular formula is C65H117N2O7P. The van der Waals surface area contributed by atoms with Crippen molar-refractivity contribution >= 4 is 19.7 Å². The fourth-order valence-electron chi connectivity index (χ4n) is 8.50. The normalized spacial score (nSPS) is 14.3. The molecule has 1 amide bonds. The number of likely N-dealkylation sites (N-methyl/N-ethyl adjacent to an activating group) is 1. The van der Waals surface area contributed by atoms with E-state index in [0.29, 0.717) is 23.9 Å². The summed E-state index contributed by atoms with van der Waals surface area (Å²) in [5, 5.41) is 3.01. The SMILES string of the molecule is CCCCC/C=C\C/C=C\C/C=C\C/C=C\CCCCCCCCCC(=O)OC(/C=C\CCCCCCCCCCC)C(COP(=O)([O-])OCC[N+](C)(C)C)NC(=O)CCCCCCCC/C=C/C=C/CCCCC. The molecule has 1 N–H and O–H groups in total. The number of carbonyl (C=O) groups excluding carboxylic acids is 2. The van der Waals surface area contributed by atoms with Gasteiger partial charge in [0.1, 0.15) is 19.3 Å². The van der Waals surface area contributed by atoms with Gasteiger partial charge in [0.2, 0.25) is 5.91 Å². The van der Waals surface area contributed by atoms with E-state index in [1.54, 1.807) is 0 Å². The van der Waals surface area contributed by atoms with Crippen LogP contribution in [0.15, 0.2) is 85.1 Å². The summed E-state index contributed by atoms with van der Waals surface area (Å²) in [6, 6.07) is -0.902. The average molecular weight is 1070 g/mol. The molecule has 0 radical (unpaired) electrons. The van der Waals surface area contributed by atoms with E-state index in [2.05, 4.69) is 99.0 Å². The second-order valence-electron chi connectivity index (χ2n) is 21.9. The maximum absolute atomic E-state index is 13.5. The van der Waals surface area contributed by atoms with Crippen LogP contribution in [0, 0.1) is 0 Å². The third-order valence-corrected chi connectivity index (χ3v) is 14.3. The van der Waals surface area contributed by atoms with Crippen LogP contribution in [0.25, 0.3) is 0 Å². The van der Waals surface area contributed by atoms with E-state index in [4.69, 9.17) is 13.8 Å². The van der Waals surface area contributed by atoms with Crippen molar-refractivity contribution in [2.75, 3.05) is 40.9 Å². The summed E-state index contributed by atoms with van der Waals surface area (Å²) in [4.78, 5) is 39.9. The molecule has 3 unspecified atom stereocenters. The number of ether oxygens (including phenoxy) is 1. The van der Waals surface area contributed by atoms with E-state index in [-0.39, 0.29) is 24.9 Å². The highest BCUT2D eigenvalue weighted by molar-refractivity contribution is 7.45. The van der Waals surface area contributed by atoms with Gasteiger partial charge in [-0.25, -0.2) is 0 Å². The summed E-state index contributed by atoms with van der Waals surface area (Å²) < 4.78 is 30.3. The van der Waals surface area contributed by atoms with Crippen LogP contribution < -0.4 is 10.2 Å². The lowest BCUT2D eigenvalue weighted by Gasteiger charge is -2.30. The zero-order chi connectivity index (χ0) is 55.0. The van der Waals surface area contributed by atoms with Gasteiger partial charge in [0.15, 0.2) is 0 Å². The highest BCUT2D eigenvalue weighted by atomic mass is 31.2. The number of phosphoric ester groups is 1. The number of hydrogen-bond donors (Lipinski definition) is 1. The van der Waals surface area contributed by atoms with Gasteiger partial charge in [-0.15, -0.1) is 0 Å². The Bertz CT molecular complexity index is 1560. The zero-order valence-electron chi connectivity index (χ0n) is 49.5. The highest BCUT2D eigenvalue weighted by Gasteiger charge is 2.27. The first kappa shape index (κ1) is 72.2. The van der Waals surface area contributed by atoms with Crippen LogP contribution in [0.4, 0.5) is 0 Å². The van der Waals surface area contributed by atoms with Crippen molar-refractivity contribution in [3.8, 4) is 0 Å². The monoisotopic (exact) mass is 1070 g/mol. The summed E-state index contributed by atoms with van der Waals surface area (Å²) in [6.45, 7) is 6.76. The molecule has 0 spiro atoms. The van der Waals surface area contributed by atoms with Crippen molar-refractivity contribution in [3.63, 3.8) is 0 Å². The van der Waals surface area contributed by atoms with E-state index in [1.807, 2.05) is 33.3 Å². The molecule has 434 valence electrons. The molecule has 0 saturated carbocycles. The van der Waals surface area contributed by atoms with E-state index >= 15 is 0 Å². The smallest absolute Gasteiger partial charge is 0.306 e. The third kappa shape index (κ3) is 55.7. The summed E-state index contributed by atoms with van der Waals surface area (Å²) in [6.07, 6.45) is 71.2. The van der Waals surface area contributed by atoms with Gasteiger partial charge in [-0.05, 0) is 102 Å². The topological polar surface area (TPSA) is 114 Å². The molecule has 10 heteroatoms. The quantitative estimate of drug-likeness (QED) is 0.0161. The molecule has 75 heavy (non-hydrogen) atoms.